The largest absolute Gasteiger partial charge is 0.452 e. The van der Waals surface area contributed by atoms with E-state index < -0.39 is 21.5 Å². The summed E-state index contributed by atoms with van der Waals surface area (Å²) in [6, 6.07) is 14.3. The van der Waals surface area contributed by atoms with E-state index in [1.165, 1.54) is 25.3 Å². The number of hydrogen-bond acceptors (Lipinski definition) is 7. The van der Waals surface area contributed by atoms with Gasteiger partial charge in [-0.3, -0.25) is 4.98 Å². The quantitative estimate of drug-likeness (QED) is 0.302. The minimum atomic E-state index is -3.48. The zero-order valence-electron chi connectivity index (χ0n) is 18.8. The van der Waals surface area contributed by atoms with Crippen LogP contribution in [0.4, 0.5) is 8.78 Å². The van der Waals surface area contributed by atoms with Crippen molar-refractivity contribution < 1.29 is 26.7 Å². The normalized spacial score (nSPS) is 11.5. The van der Waals surface area contributed by atoms with Gasteiger partial charge in [0.25, 0.3) is 0 Å². The van der Waals surface area contributed by atoms with Gasteiger partial charge in [0.2, 0.25) is 0 Å². The number of benzene rings is 2. The third-order valence-corrected chi connectivity index (χ3v) is 6.84. The van der Waals surface area contributed by atoms with Crippen molar-refractivity contribution in [2.45, 2.75) is 11.9 Å². The Morgan fingerprint density at radius 1 is 0.917 bits per heavy atom. The third-order valence-electron chi connectivity index (χ3n) is 5.20. The number of nitrogens with zero attached hydrogens (tertiary/aromatic N) is 3. The van der Waals surface area contributed by atoms with E-state index in [-0.39, 0.29) is 33.8 Å². The Balaban J connectivity index is 1.56. The van der Waals surface area contributed by atoms with Crippen LogP contribution < -0.4 is 9.47 Å². The molecule has 5 aromatic rings. The average Bonchev–Trinajstić information content (AvgIpc) is 3.29. The molecule has 3 heterocycles. The van der Waals surface area contributed by atoms with Gasteiger partial charge in [0, 0.05) is 24.4 Å². The lowest BCUT2D eigenvalue weighted by Gasteiger charge is -2.13. The molecule has 182 valence electrons. The van der Waals surface area contributed by atoms with Crippen molar-refractivity contribution in [1.29, 1.82) is 0 Å². The average molecular weight is 509 g/mol. The molecule has 0 fully saturated rings. The first-order valence-electron chi connectivity index (χ1n) is 10.8. The van der Waals surface area contributed by atoms with E-state index in [1.54, 1.807) is 30.5 Å². The van der Waals surface area contributed by atoms with Gasteiger partial charge in [0.15, 0.2) is 43.8 Å². The van der Waals surface area contributed by atoms with Crippen LogP contribution in [-0.2, 0) is 9.84 Å². The van der Waals surface area contributed by atoms with Crippen LogP contribution in [0.5, 0.6) is 23.0 Å². The summed E-state index contributed by atoms with van der Waals surface area (Å²) in [4.78, 5) is 15.9. The number of aromatic amines is 1. The molecule has 0 amide bonds. The molecule has 2 aromatic carbocycles. The minimum absolute atomic E-state index is 0.0776. The minimum Gasteiger partial charge on any atom is -0.452 e. The van der Waals surface area contributed by atoms with E-state index >= 15 is 0 Å². The maximum atomic E-state index is 14.3. The van der Waals surface area contributed by atoms with Crippen LogP contribution in [0, 0.1) is 11.6 Å². The summed E-state index contributed by atoms with van der Waals surface area (Å²) in [5, 5.41) is -0.0776. The van der Waals surface area contributed by atoms with E-state index in [9.17, 15) is 17.2 Å². The second kappa shape index (κ2) is 9.34. The summed E-state index contributed by atoms with van der Waals surface area (Å²) in [5.74, 6) is -0.969. The first kappa shape index (κ1) is 23.4. The van der Waals surface area contributed by atoms with Crippen LogP contribution >= 0.6 is 0 Å². The highest BCUT2D eigenvalue weighted by molar-refractivity contribution is 7.91. The number of fused-ring (bicyclic) bond motifs is 1. The molecule has 0 bridgehead atoms. The summed E-state index contributed by atoms with van der Waals surface area (Å²) in [6.07, 6.45) is 2.90. The van der Waals surface area contributed by atoms with Gasteiger partial charge < -0.3 is 14.5 Å². The van der Waals surface area contributed by atoms with Crippen LogP contribution in [0.2, 0.25) is 0 Å². The Labute approximate surface area is 204 Å². The second-order valence-electron chi connectivity index (χ2n) is 7.63. The molecular formula is C25H18F2N4O4S. The Hall–Kier alpha value is -4.38. The first-order valence-corrected chi connectivity index (χ1v) is 12.4. The van der Waals surface area contributed by atoms with Crippen molar-refractivity contribution >= 4 is 20.9 Å². The van der Waals surface area contributed by atoms with Crippen molar-refractivity contribution in [3.8, 4) is 34.5 Å². The number of imidazole rings is 1. The molecule has 0 saturated heterocycles. The highest BCUT2D eigenvalue weighted by atomic mass is 32.2. The molecule has 8 nitrogen and oxygen atoms in total. The number of hydrogen-bond donors (Lipinski definition) is 1. The molecule has 3 aromatic heterocycles. The van der Waals surface area contributed by atoms with Gasteiger partial charge in [-0.15, -0.1) is 0 Å². The number of rotatable bonds is 7. The summed E-state index contributed by atoms with van der Waals surface area (Å²) < 4.78 is 63.5. The lowest BCUT2D eigenvalue weighted by molar-refractivity contribution is 0.400. The van der Waals surface area contributed by atoms with Gasteiger partial charge in [-0.1, -0.05) is 13.0 Å². The number of halogens is 2. The molecule has 0 spiro atoms. The molecule has 0 aliphatic rings. The fourth-order valence-electron chi connectivity index (χ4n) is 3.36. The van der Waals surface area contributed by atoms with Crippen LogP contribution in [-0.4, -0.2) is 34.1 Å². The van der Waals surface area contributed by atoms with Crippen molar-refractivity contribution in [2.24, 2.45) is 0 Å². The van der Waals surface area contributed by atoms with E-state index in [0.29, 0.717) is 28.6 Å². The molecule has 5 rings (SSSR count). The molecule has 1 N–H and O–H groups in total. The molecule has 0 radical (unpaired) electrons. The van der Waals surface area contributed by atoms with E-state index in [0.717, 1.165) is 12.1 Å². The molecule has 11 heteroatoms. The van der Waals surface area contributed by atoms with E-state index in [2.05, 4.69) is 19.9 Å². The number of nitrogens with one attached hydrogen (secondary N) is 1. The standard InChI is InChI=1S/C25H18F2N4O4S/c1-2-36(32,33)24-9-7-16(14-29-24)34-22-12-19-20(31-25(30-19)18-5-3-4-10-28-18)13-23(22)35-21-8-6-15(26)11-17(21)27/h3-14H,2H2,1H3,(H,30,31). The van der Waals surface area contributed by atoms with Crippen molar-refractivity contribution in [3.63, 3.8) is 0 Å². The van der Waals surface area contributed by atoms with Gasteiger partial charge in [-0.05, 0) is 36.4 Å². The maximum absolute atomic E-state index is 14.3. The van der Waals surface area contributed by atoms with Crippen molar-refractivity contribution in [2.75, 3.05) is 5.75 Å². The van der Waals surface area contributed by atoms with Gasteiger partial charge in [-0.2, -0.15) is 0 Å². The zero-order chi connectivity index (χ0) is 25.3. The van der Waals surface area contributed by atoms with Crippen LogP contribution in [0.3, 0.4) is 0 Å². The summed E-state index contributed by atoms with van der Waals surface area (Å²) >= 11 is 0. The van der Waals surface area contributed by atoms with Crippen molar-refractivity contribution in [1.82, 2.24) is 19.9 Å². The van der Waals surface area contributed by atoms with Gasteiger partial charge in [0.05, 0.1) is 23.0 Å². The molecule has 0 atom stereocenters. The summed E-state index contributed by atoms with van der Waals surface area (Å²) in [7, 11) is -3.48. The predicted molar refractivity (Wildman–Crippen MR) is 128 cm³/mol. The van der Waals surface area contributed by atoms with Gasteiger partial charge in [-0.25, -0.2) is 27.2 Å². The Morgan fingerprint density at radius 3 is 2.44 bits per heavy atom. The van der Waals surface area contributed by atoms with E-state index in [4.69, 9.17) is 9.47 Å². The fourth-order valence-corrected chi connectivity index (χ4v) is 4.15. The van der Waals surface area contributed by atoms with Crippen LogP contribution in [0.1, 0.15) is 6.92 Å². The Morgan fingerprint density at radius 2 is 1.75 bits per heavy atom. The molecular weight excluding hydrogens is 490 g/mol. The maximum Gasteiger partial charge on any atom is 0.195 e. The zero-order valence-corrected chi connectivity index (χ0v) is 19.6. The molecule has 0 aliphatic heterocycles. The Bertz CT molecular complexity index is 1660. The molecule has 0 unspecified atom stereocenters. The highest BCUT2D eigenvalue weighted by Crippen LogP contribution is 2.39. The first-order chi connectivity index (χ1) is 17.3. The van der Waals surface area contributed by atoms with Gasteiger partial charge >= 0.3 is 0 Å². The van der Waals surface area contributed by atoms with Crippen LogP contribution in [0.15, 0.2) is 78.1 Å². The summed E-state index contributed by atoms with van der Waals surface area (Å²) in [5.41, 5.74) is 1.68. The molecule has 0 aliphatic carbocycles. The van der Waals surface area contributed by atoms with Crippen LogP contribution in [0.25, 0.3) is 22.6 Å². The molecule has 0 saturated carbocycles. The number of H-pyrrole nitrogens is 1. The molecule has 36 heavy (non-hydrogen) atoms. The number of sulfone groups is 1. The van der Waals surface area contributed by atoms with E-state index in [1.807, 2.05) is 6.07 Å². The smallest absolute Gasteiger partial charge is 0.195 e. The lowest BCUT2D eigenvalue weighted by Crippen LogP contribution is -2.05. The SMILES string of the molecule is CCS(=O)(=O)c1ccc(Oc2cc3[nH]c(-c4ccccn4)nc3cc2Oc2ccc(F)cc2F)cn1. The third kappa shape index (κ3) is 4.73. The summed E-state index contributed by atoms with van der Waals surface area (Å²) in [6.45, 7) is 1.53. The topological polar surface area (TPSA) is 107 Å². The Kier molecular flexibility index (Phi) is 6.06. The second-order valence-corrected chi connectivity index (χ2v) is 9.86. The number of ether oxygens (including phenoxy) is 2. The number of pyridine rings is 2. The van der Waals surface area contributed by atoms with Crippen molar-refractivity contribution in [3.05, 3.63) is 84.7 Å². The predicted octanol–water partition coefficient (Wildman–Crippen LogP) is 5.68. The fraction of sp³-hybridized carbons (Fsp3) is 0.0800. The lowest BCUT2D eigenvalue weighted by atomic mass is 10.2. The monoisotopic (exact) mass is 508 g/mol. The highest BCUT2D eigenvalue weighted by Gasteiger charge is 2.18. The van der Waals surface area contributed by atoms with Gasteiger partial charge in [0.1, 0.15) is 17.3 Å². The number of aromatic nitrogens is 4.